The number of halogens is 2. The van der Waals surface area contributed by atoms with Crippen molar-refractivity contribution in [2.75, 3.05) is 0 Å². The molecule has 1 amide bonds. The molecule has 2 N–H and O–H groups in total. The van der Waals surface area contributed by atoms with Gasteiger partial charge in [-0.25, -0.2) is 8.78 Å². The van der Waals surface area contributed by atoms with E-state index in [4.69, 9.17) is 0 Å². The number of aliphatic hydroxyl groups is 1. The Morgan fingerprint density at radius 2 is 1.68 bits per heavy atom. The maximum atomic E-state index is 13.7. The fourth-order valence-corrected chi connectivity index (χ4v) is 4.30. The van der Waals surface area contributed by atoms with Gasteiger partial charge in [-0.1, -0.05) is 25.1 Å². The first kappa shape index (κ1) is 18.7. The minimum Gasteiger partial charge on any atom is -0.509 e. The van der Waals surface area contributed by atoms with Gasteiger partial charge in [0.25, 0.3) is 5.91 Å². The van der Waals surface area contributed by atoms with Crippen molar-refractivity contribution in [2.45, 2.75) is 45.1 Å². The first-order valence-corrected chi connectivity index (χ1v) is 9.63. The molecule has 4 rings (SSSR count). The monoisotopic (exact) mass is 383 g/mol. The van der Waals surface area contributed by atoms with Gasteiger partial charge in [-0.2, -0.15) is 0 Å². The number of benzene rings is 2. The van der Waals surface area contributed by atoms with Gasteiger partial charge in [-0.15, -0.1) is 0 Å². The summed E-state index contributed by atoms with van der Waals surface area (Å²) in [5.41, 5.74) is 2.24. The van der Waals surface area contributed by atoms with Crippen molar-refractivity contribution in [3.8, 4) is 11.1 Å². The van der Waals surface area contributed by atoms with Gasteiger partial charge in [0.15, 0.2) is 11.6 Å². The Bertz CT molecular complexity index is 988. The standard InChI is InChI=1S/C23H23F2NO2/c1-13-7-9-23(10-8-13)21(27)20(22(28)26-23)17-11-15(4-3-14(17)2)16-5-6-18(24)19(25)12-16/h3-6,11-13,27H,7-10H2,1-2H3,(H,26,28)/t13-,23+. The third kappa shape index (κ3) is 2.99. The summed E-state index contributed by atoms with van der Waals surface area (Å²) in [6.45, 7) is 4.05. The van der Waals surface area contributed by atoms with Crippen LogP contribution in [0.5, 0.6) is 0 Å². The van der Waals surface area contributed by atoms with E-state index in [0.29, 0.717) is 22.6 Å². The summed E-state index contributed by atoms with van der Waals surface area (Å²) in [6.07, 6.45) is 3.34. The largest absolute Gasteiger partial charge is 0.509 e. The second-order valence-corrected chi connectivity index (χ2v) is 8.10. The van der Waals surface area contributed by atoms with Gasteiger partial charge in [-0.3, -0.25) is 4.79 Å². The summed E-state index contributed by atoms with van der Waals surface area (Å²) >= 11 is 0. The Labute approximate surface area is 163 Å². The minimum atomic E-state index is -0.921. The summed E-state index contributed by atoms with van der Waals surface area (Å²) < 4.78 is 26.9. The predicted molar refractivity (Wildman–Crippen MR) is 105 cm³/mol. The lowest BCUT2D eigenvalue weighted by Gasteiger charge is -2.36. The molecule has 1 spiro atoms. The quantitative estimate of drug-likeness (QED) is 0.740. The first-order valence-electron chi connectivity index (χ1n) is 9.63. The summed E-state index contributed by atoms with van der Waals surface area (Å²) in [6, 6.07) is 9.11. The molecule has 0 bridgehead atoms. The van der Waals surface area contributed by atoms with Crippen molar-refractivity contribution in [3.05, 3.63) is 64.9 Å². The van der Waals surface area contributed by atoms with Crippen LogP contribution >= 0.6 is 0 Å². The van der Waals surface area contributed by atoms with Crippen LogP contribution in [0.2, 0.25) is 0 Å². The van der Waals surface area contributed by atoms with Crippen molar-refractivity contribution < 1.29 is 18.7 Å². The molecule has 0 aromatic heterocycles. The van der Waals surface area contributed by atoms with E-state index in [1.807, 2.05) is 13.0 Å². The van der Waals surface area contributed by atoms with Crippen molar-refractivity contribution in [2.24, 2.45) is 5.92 Å². The van der Waals surface area contributed by atoms with Gasteiger partial charge < -0.3 is 10.4 Å². The Morgan fingerprint density at radius 1 is 1.04 bits per heavy atom. The van der Waals surface area contributed by atoms with Gasteiger partial charge in [0.1, 0.15) is 5.76 Å². The third-order valence-corrected chi connectivity index (χ3v) is 6.16. The molecule has 1 saturated carbocycles. The Hall–Kier alpha value is -2.69. The van der Waals surface area contributed by atoms with E-state index in [1.54, 1.807) is 12.1 Å². The molecule has 2 aliphatic rings. The number of nitrogens with one attached hydrogen (secondary N) is 1. The zero-order valence-electron chi connectivity index (χ0n) is 16.0. The van der Waals surface area contributed by atoms with E-state index in [2.05, 4.69) is 12.2 Å². The van der Waals surface area contributed by atoms with Crippen LogP contribution in [0.15, 0.2) is 42.2 Å². The highest BCUT2D eigenvalue weighted by atomic mass is 19.2. The van der Waals surface area contributed by atoms with Crippen LogP contribution in [-0.4, -0.2) is 16.6 Å². The number of carbonyl (C=O) groups excluding carboxylic acids is 1. The van der Waals surface area contributed by atoms with Gasteiger partial charge >= 0.3 is 0 Å². The molecule has 146 valence electrons. The molecule has 0 radical (unpaired) electrons. The number of rotatable bonds is 2. The summed E-state index contributed by atoms with van der Waals surface area (Å²) in [5, 5.41) is 14.0. The second-order valence-electron chi connectivity index (χ2n) is 8.10. The molecule has 2 aromatic carbocycles. The molecule has 3 nitrogen and oxygen atoms in total. The fraction of sp³-hybridized carbons (Fsp3) is 0.348. The molecule has 1 aliphatic heterocycles. The lowest BCUT2D eigenvalue weighted by Crippen LogP contribution is -2.47. The second kappa shape index (κ2) is 6.73. The Morgan fingerprint density at radius 3 is 2.36 bits per heavy atom. The smallest absolute Gasteiger partial charge is 0.256 e. The van der Waals surface area contributed by atoms with E-state index in [1.165, 1.54) is 6.07 Å². The Balaban J connectivity index is 1.79. The van der Waals surface area contributed by atoms with Gasteiger partial charge in [0.2, 0.25) is 0 Å². The van der Waals surface area contributed by atoms with Crippen LogP contribution in [0.3, 0.4) is 0 Å². The minimum absolute atomic E-state index is 0.106. The van der Waals surface area contributed by atoms with Crippen LogP contribution in [-0.2, 0) is 4.79 Å². The van der Waals surface area contributed by atoms with Crippen LogP contribution in [0.25, 0.3) is 16.7 Å². The number of amides is 1. The molecular weight excluding hydrogens is 360 g/mol. The number of carbonyl (C=O) groups is 1. The molecule has 0 unspecified atom stereocenters. The SMILES string of the molecule is Cc1ccc(-c2ccc(F)c(F)c2)cc1C1=C(O)[C@]2(CC[C@H](C)CC2)NC1=O. The maximum Gasteiger partial charge on any atom is 0.256 e. The molecule has 5 heteroatoms. The summed E-state index contributed by atoms with van der Waals surface area (Å²) in [5.74, 6) is -1.42. The highest BCUT2D eigenvalue weighted by Gasteiger charge is 2.47. The van der Waals surface area contributed by atoms with Crippen LogP contribution in [0.4, 0.5) is 8.78 Å². The summed E-state index contributed by atoms with van der Waals surface area (Å²) in [4.78, 5) is 12.8. The lowest BCUT2D eigenvalue weighted by molar-refractivity contribution is -0.116. The normalized spacial score (nSPS) is 24.7. The zero-order valence-corrected chi connectivity index (χ0v) is 16.0. The van der Waals surface area contributed by atoms with E-state index in [0.717, 1.165) is 43.4 Å². The number of aryl methyl sites for hydroxylation is 1. The van der Waals surface area contributed by atoms with E-state index >= 15 is 0 Å². The molecule has 28 heavy (non-hydrogen) atoms. The van der Waals surface area contributed by atoms with Gasteiger partial charge in [-0.05, 0) is 79.0 Å². The highest BCUT2D eigenvalue weighted by molar-refractivity contribution is 6.23. The van der Waals surface area contributed by atoms with Crippen LogP contribution < -0.4 is 5.32 Å². The Kier molecular flexibility index (Phi) is 4.48. The number of hydrogen-bond donors (Lipinski definition) is 2. The zero-order chi connectivity index (χ0) is 20.1. The topological polar surface area (TPSA) is 49.3 Å². The van der Waals surface area contributed by atoms with Gasteiger partial charge in [0.05, 0.1) is 11.1 Å². The molecule has 1 aliphatic carbocycles. The third-order valence-electron chi connectivity index (χ3n) is 6.16. The van der Waals surface area contributed by atoms with Crippen molar-refractivity contribution in [1.29, 1.82) is 0 Å². The molecular formula is C23H23F2NO2. The van der Waals surface area contributed by atoms with Gasteiger partial charge in [0, 0.05) is 0 Å². The van der Waals surface area contributed by atoms with E-state index in [-0.39, 0.29) is 17.2 Å². The number of hydrogen-bond acceptors (Lipinski definition) is 2. The molecule has 2 aromatic rings. The predicted octanol–water partition coefficient (Wildman–Crippen LogP) is 5.29. The first-order chi connectivity index (χ1) is 13.3. The van der Waals surface area contributed by atoms with E-state index in [9.17, 15) is 18.7 Å². The maximum absolute atomic E-state index is 13.7. The molecule has 1 heterocycles. The molecule has 0 atom stereocenters. The molecule has 0 saturated heterocycles. The summed E-state index contributed by atoms with van der Waals surface area (Å²) in [7, 11) is 0. The van der Waals surface area contributed by atoms with Crippen LogP contribution in [0.1, 0.15) is 43.7 Å². The van der Waals surface area contributed by atoms with Crippen molar-refractivity contribution >= 4 is 11.5 Å². The van der Waals surface area contributed by atoms with E-state index < -0.39 is 17.2 Å². The average Bonchev–Trinajstić information content (AvgIpc) is 2.91. The average molecular weight is 383 g/mol. The number of aliphatic hydroxyl groups excluding tert-OH is 1. The highest BCUT2D eigenvalue weighted by Crippen LogP contribution is 2.43. The fourth-order valence-electron chi connectivity index (χ4n) is 4.30. The van der Waals surface area contributed by atoms with Crippen LogP contribution in [0, 0.1) is 24.5 Å². The molecule has 1 fully saturated rings. The lowest BCUT2D eigenvalue weighted by atomic mass is 9.76. The van der Waals surface area contributed by atoms with Crippen molar-refractivity contribution in [1.82, 2.24) is 5.32 Å². The van der Waals surface area contributed by atoms with Crippen molar-refractivity contribution in [3.63, 3.8) is 0 Å².